The van der Waals surface area contributed by atoms with Crippen molar-refractivity contribution in [2.24, 2.45) is 0 Å². The molecule has 1 N–H and O–H groups in total. The van der Waals surface area contributed by atoms with Gasteiger partial charge >= 0.3 is 0 Å². The third kappa shape index (κ3) is 3.92. The quantitative estimate of drug-likeness (QED) is 0.376. The normalized spacial score (nSPS) is 7.40. The zero-order valence-electron chi connectivity index (χ0n) is 2.94. The summed E-state index contributed by atoms with van der Waals surface area (Å²) in [4.78, 5) is 8.02. The van der Waals surface area contributed by atoms with Gasteiger partial charge in [0.15, 0.2) is 0 Å². The Hall–Kier alpha value is -0.0831. The maximum absolute atomic E-state index is 8.02. The number of rotatable bonds is 2. The average molecular weight is 86.2 g/mol. The number of allylic oxidation sites excluding steroid dienone is 1. The Bertz CT molecular complexity index is 28.1. The summed E-state index contributed by atoms with van der Waals surface area (Å²) in [5.41, 5.74) is 0. The molecule has 0 aromatic carbocycles. The van der Waals surface area contributed by atoms with E-state index in [0.717, 1.165) is 6.04 Å². The topological polar surface area (TPSA) is 20.2 Å². The number of hydrogen-bond donors (Lipinski definition) is 1. The fraction of sp³-hybridized carbons (Fsp3) is 0.333. The fourth-order valence-electron chi connectivity index (χ4n) is 0.0645. The van der Waals surface area contributed by atoms with Crippen LogP contribution in [0.5, 0.6) is 0 Å². The van der Waals surface area contributed by atoms with Crippen LogP contribution in [0.1, 0.15) is 0 Å². The van der Waals surface area contributed by atoms with Gasteiger partial charge in [0.25, 0.3) is 0 Å². The summed E-state index contributed by atoms with van der Waals surface area (Å²) in [6.45, 7) is 3.40. The van der Waals surface area contributed by atoms with Gasteiger partial charge in [-0.25, -0.2) is 0 Å². The minimum Gasteiger partial charge on any atom is -0.431 e. The van der Waals surface area contributed by atoms with E-state index >= 15 is 0 Å². The lowest BCUT2D eigenvalue weighted by molar-refractivity contribution is 0.605. The smallest absolute Gasteiger partial charge is 0.228 e. The Morgan fingerprint density at radius 3 is 2.60 bits per heavy atom. The molecule has 0 rings (SSSR count). The second-order valence-corrected chi connectivity index (χ2v) is 1.38. The molecule has 0 bridgehead atoms. The molecule has 28 valence electrons. The van der Waals surface area contributed by atoms with Crippen LogP contribution in [-0.4, -0.2) is 14.6 Å². The van der Waals surface area contributed by atoms with Crippen molar-refractivity contribution in [1.82, 2.24) is 0 Å². The summed E-state index contributed by atoms with van der Waals surface area (Å²) in [6, 6.07) is 0.736. The predicted molar refractivity (Wildman–Crippen MR) is 23.0 cm³/mol. The van der Waals surface area contributed by atoms with Gasteiger partial charge in [-0.2, -0.15) is 0 Å². The van der Waals surface area contributed by atoms with E-state index in [1.165, 1.54) is 0 Å². The standard InChI is InChI=1S/C3H6OSi/c1-2-3-5-4/h2,4H,1,3H2. The van der Waals surface area contributed by atoms with E-state index in [1.807, 2.05) is 0 Å². The Morgan fingerprint density at radius 2 is 2.60 bits per heavy atom. The largest absolute Gasteiger partial charge is 0.431 e. The summed E-state index contributed by atoms with van der Waals surface area (Å²) in [5.74, 6) is 0. The van der Waals surface area contributed by atoms with Gasteiger partial charge in [0.05, 0.1) is 0 Å². The van der Waals surface area contributed by atoms with Crippen molar-refractivity contribution in [1.29, 1.82) is 0 Å². The van der Waals surface area contributed by atoms with Crippen LogP contribution >= 0.6 is 0 Å². The van der Waals surface area contributed by atoms with Crippen LogP contribution in [0.2, 0.25) is 6.04 Å². The van der Waals surface area contributed by atoms with E-state index in [9.17, 15) is 0 Å². The van der Waals surface area contributed by atoms with Crippen molar-refractivity contribution in [3.8, 4) is 0 Å². The SMILES string of the molecule is C=CC[Si]O. The van der Waals surface area contributed by atoms with Crippen molar-refractivity contribution in [2.45, 2.75) is 6.04 Å². The Morgan fingerprint density at radius 1 is 2.00 bits per heavy atom. The van der Waals surface area contributed by atoms with Gasteiger partial charge in [0, 0.05) is 0 Å². The van der Waals surface area contributed by atoms with E-state index in [0.29, 0.717) is 0 Å². The minimum absolute atomic E-state index is 0.0397. The lowest BCUT2D eigenvalue weighted by Crippen LogP contribution is -1.77. The van der Waals surface area contributed by atoms with E-state index < -0.39 is 0 Å². The highest BCUT2D eigenvalue weighted by Gasteiger charge is 1.68. The molecule has 0 unspecified atom stereocenters. The predicted octanol–water partition coefficient (Wildman–Crippen LogP) is 0.202. The molecule has 0 aromatic heterocycles. The first-order chi connectivity index (χ1) is 2.41. The van der Waals surface area contributed by atoms with E-state index in [-0.39, 0.29) is 9.76 Å². The molecule has 0 fully saturated rings. The van der Waals surface area contributed by atoms with Gasteiger partial charge in [-0.05, 0) is 6.04 Å². The van der Waals surface area contributed by atoms with Crippen LogP contribution in [0.4, 0.5) is 0 Å². The van der Waals surface area contributed by atoms with Crippen LogP contribution < -0.4 is 0 Å². The first-order valence-corrected chi connectivity index (χ1v) is 2.55. The van der Waals surface area contributed by atoms with Crippen LogP contribution in [0.25, 0.3) is 0 Å². The van der Waals surface area contributed by atoms with Crippen molar-refractivity contribution in [2.75, 3.05) is 0 Å². The highest BCUT2D eigenvalue weighted by molar-refractivity contribution is 6.25. The van der Waals surface area contributed by atoms with Gasteiger partial charge in [0.1, 0.15) is 0 Å². The molecular formula is C3H6OSi. The van der Waals surface area contributed by atoms with E-state index in [2.05, 4.69) is 6.58 Å². The molecule has 0 aliphatic rings. The third-order valence-electron chi connectivity index (χ3n) is 0.236. The van der Waals surface area contributed by atoms with Crippen molar-refractivity contribution in [3.63, 3.8) is 0 Å². The van der Waals surface area contributed by atoms with Crippen LogP contribution in [-0.2, 0) is 0 Å². The third-order valence-corrected chi connectivity index (χ3v) is 0.707. The molecule has 2 heteroatoms. The molecule has 0 aliphatic heterocycles. The summed E-state index contributed by atoms with van der Waals surface area (Å²) in [7, 11) is 0.0397. The molecule has 0 aliphatic carbocycles. The molecule has 0 spiro atoms. The Balaban J connectivity index is 2.40. The molecule has 0 saturated heterocycles. The van der Waals surface area contributed by atoms with Crippen molar-refractivity contribution in [3.05, 3.63) is 12.7 Å². The summed E-state index contributed by atoms with van der Waals surface area (Å²) < 4.78 is 0. The first-order valence-electron chi connectivity index (χ1n) is 1.39. The maximum atomic E-state index is 8.02. The van der Waals surface area contributed by atoms with Crippen LogP contribution in [0.15, 0.2) is 12.7 Å². The first kappa shape index (κ1) is 4.92. The lowest BCUT2D eigenvalue weighted by Gasteiger charge is -1.69. The van der Waals surface area contributed by atoms with Gasteiger partial charge in [-0.3, -0.25) is 0 Å². The minimum atomic E-state index is 0.0397. The average Bonchev–Trinajstić information content (AvgIpc) is 1.41. The van der Waals surface area contributed by atoms with Crippen molar-refractivity contribution < 1.29 is 4.80 Å². The second-order valence-electron chi connectivity index (χ2n) is 0.651. The Labute approximate surface area is 34.3 Å². The van der Waals surface area contributed by atoms with Crippen LogP contribution in [0.3, 0.4) is 0 Å². The molecule has 0 saturated carbocycles. The summed E-state index contributed by atoms with van der Waals surface area (Å²) >= 11 is 0. The molecule has 0 amide bonds. The van der Waals surface area contributed by atoms with Gasteiger partial charge in [0.2, 0.25) is 9.76 Å². The Kier molecular flexibility index (Phi) is 3.85. The van der Waals surface area contributed by atoms with Gasteiger partial charge in [-0.15, -0.1) is 6.58 Å². The van der Waals surface area contributed by atoms with Crippen molar-refractivity contribution >= 4 is 9.76 Å². The van der Waals surface area contributed by atoms with E-state index in [1.54, 1.807) is 6.08 Å². The molecule has 2 radical (unpaired) electrons. The van der Waals surface area contributed by atoms with Gasteiger partial charge < -0.3 is 4.80 Å². The molecule has 0 atom stereocenters. The molecule has 5 heavy (non-hydrogen) atoms. The second kappa shape index (κ2) is 3.92. The summed E-state index contributed by atoms with van der Waals surface area (Å²) in [5, 5.41) is 0. The molecule has 1 nitrogen and oxygen atoms in total. The molecular weight excluding hydrogens is 80.1 g/mol. The van der Waals surface area contributed by atoms with Gasteiger partial charge in [-0.1, -0.05) is 6.08 Å². The highest BCUT2D eigenvalue weighted by atomic mass is 28.2. The highest BCUT2D eigenvalue weighted by Crippen LogP contribution is 1.69. The zero-order chi connectivity index (χ0) is 4.12. The monoisotopic (exact) mass is 86.0 g/mol. The fourth-order valence-corrected chi connectivity index (χ4v) is 0.194. The number of hydrogen-bond acceptors (Lipinski definition) is 1. The summed E-state index contributed by atoms with van der Waals surface area (Å²) in [6.07, 6.45) is 1.69. The molecule has 0 heterocycles. The zero-order valence-corrected chi connectivity index (χ0v) is 3.94. The van der Waals surface area contributed by atoms with E-state index in [4.69, 9.17) is 4.80 Å². The molecule has 0 aromatic rings. The lowest BCUT2D eigenvalue weighted by atomic mass is 10.8. The maximum Gasteiger partial charge on any atom is 0.228 e. The van der Waals surface area contributed by atoms with Crippen LogP contribution in [0, 0.1) is 0 Å².